The van der Waals surface area contributed by atoms with Gasteiger partial charge in [-0.15, -0.1) is 12.4 Å². The molecule has 0 radical (unpaired) electrons. The maximum absolute atomic E-state index is 13.0. The zero-order valence-electron chi connectivity index (χ0n) is 16.4. The normalized spacial score (nSPS) is 14.9. The fraction of sp³-hybridized carbons (Fsp3) is 0.364. The molecule has 1 aliphatic rings. The zero-order chi connectivity index (χ0) is 18.8. The number of halogens is 1. The Morgan fingerprint density at radius 3 is 2.61 bits per heavy atom. The maximum Gasteiger partial charge on any atom is 0.289 e. The Morgan fingerprint density at radius 1 is 1.11 bits per heavy atom. The van der Waals surface area contributed by atoms with E-state index in [-0.39, 0.29) is 18.3 Å². The molecule has 148 valence electrons. The quantitative estimate of drug-likeness (QED) is 0.668. The summed E-state index contributed by atoms with van der Waals surface area (Å²) in [6, 6.07) is 12.1. The molecule has 0 aliphatic carbocycles. The average molecular weight is 400 g/mol. The van der Waals surface area contributed by atoms with Crippen molar-refractivity contribution in [3.8, 4) is 0 Å². The standard InChI is InChI=1S/C22H25N3O2.ClH/c1-16-6-7-19-17(2)21(27-20(19)15-16)22(26)25-13-11-24(12-14-25)10-8-18-5-3-4-9-23-18;/h3-7,9,15H,8,10-14H2,1-2H3;1H. The molecule has 28 heavy (non-hydrogen) atoms. The second-order valence-electron chi connectivity index (χ2n) is 7.26. The molecule has 0 unspecified atom stereocenters. The Hall–Kier alpha value is -2.37. The third-order valence-corrected chi connectivity index (χ3v) is 5.36. The van der Waals surface area contributed by atoms with Crippen molar-refractivity contribution in [3.05, 3.63) is 65.2 Å². The number of hydrogen-bond acceptors (Lipinski definition) is 4. The van der Waals surface area contributed by atoms with Gasteiger partial charge in [0, 0.05) is 62.0 Å². The summed E-state index contributed by atoms with van der Waals surface area (Å²) in [6.07, 6.45) is 2.78. The van der Waals surface area contributed by atoms with E-state index < -0.39 is 0 Å². The second kappa shape index (κ2) is 8.76. The Labute approximate surface area is 171 Å². The van der Waals surface area contributed by atoms with Crippen molar-refractivity contribution >= 4 is 29.3 Å². The van der Waals surface area contributed by atoms with Gasteiger partial charge in [0.2, 0.25) is 0 Å². The lowest BCUT2D eigenvalue weighted by Crippen LogP contribution is -2.49. The molecule has 0 atom stereocenters. The van der Waals surface area contributed by atoms with Gasteiger partial charge in [-0.3, -0.25) is 14.7 Å². The van der Waals surface area contributed by atoms with Gasteiger partial charge in [-0.2, -0.15) is 0 Å². The fourth-order valence-corrected chi connectivity index (χ4v) is 3.67. The van der Waals surface area contributed by atoms with Crippen LogP contribution >= 0.6 is 12.4 Å². The van der Waals surface area contributed by atoms with Crippen LogP contribution in [0.3, 0.4) is 0 Å². The number of benzene rings is 1. The third-order valence-electron chi connectivity index (χ3n) is 5.36. The van der Waals surface area contributed by atoms with E-state index in [1.165, 1.54) is 0 Å². The summed E-state index contributed by atoms with van der Waals surface area (Å²) in [6.45, 7) is 8.21. The molecule has 5 nitrogen and oxygen atoms in total. The Kier molecular flexibility index (Phi) is 6.37. The van der Waals surface area contributed by atoms with Crippen molar-refractivity contribution in [1.82, 2.24) is 14.8 Å². The van der Waals surface area contributed by atoms with Crippen LogP contribution < -0.4 is 0 Å². The number of fused-ring (bicyclic) bond motifs is 1. The van der Waals surface area contributed by atoms with Crippen molar-refractivity contribution in [3.63, 3.8) is 0 Å². The van der Waals surface area contributed by atoms with Crippen molar-refractivity contribution in [1.29, 1.82) is 0 Å². The van der Waals surface area contributed by atoms with E-state index in [1.54, 1.807) is 0 Å². The summed E-state index contributed by atoms with van der Waals surface area (Å²) in [4.78, 5) is 21.7. The minimum Gasteiger partial charge on any atom is -0.451 e. The van der Waals surface area contributed by atoms with E-state index in [4.69, 9.17) is 4.42 Å². The molecule has 0 saturated carbocycles. The number of aryl methyl sites for hydroxylation is 2. The Morgan fingerprint density at radius 2 is 1.89 bits per heavy atom. The van der Waals surface area contributed by atoms with Gasteiger partial charge in [0.25, 0.3) is 5.91 Å². The minimum absolute atomic E-state index is 0. The van der Waals surface area contributed by atoms with E-state index in [0.29, 0.717) is 5.76 Å². The molecular formula is C22H26ClN3O2. The lowest BCUT2D eigenvalue weighted by atomic mass is 10.1. The van der Waals surface area contributed by atoms with Gasteiger partial charge in [-0.1, -0.05) is 18.2 Å². The van der Waals surface area contributed by atoms with Crippen LogP contribution in [0.25, 0.3) is 11.0 Å². The first-order valence-corrected chi connectivity index (χ1v) is 9.53. The molecule has 1 fully saturated rings. The van der Waals surface area contributed by atoms with Gasteiger partial charge in [-0.05, 0) is 37.6 Å². The molecular weight excluding hydrogens is 374 g/mol. The third kappa shape index (κ3) is 4.21. The first kappa shape index (κ1) is 20.4. The van der Waals surface area contributed by atoms with Gasteiger partial charge < -0.3 is 9.32 Å². The topological polar surface area (TPSA) is 49.6 Å². The highest BCUT2D eigenvalue weighted by atomic mass is 35.5. The number of amides is 1. The van der Waals surface area contributed by atoms with E-state index >= 15 is 0 Å². The number of aromatic nitrogens is 1. The van der Waals surface area contributed by atoms with Crippen LogP contribution in [0.5, 0.6) is 0 Å². The van der Waals surface area contributed by atoms with Gasteiger partial charge >= 0.3 is 0 Å². The van der Waals surface area contributed by atoms with E-state index in [1.807, 2.05) is 49.2 Å². The molecule has 1 aliphatic heterocycles. The molecule has 1 amide bonds. The number of nitrogens with zero attached hydrogens (tertiary/aromatic N) is 3. The summed E-state index contributed by atoms with van der Waals surface area (Å²) in [7, 11) is 0. The summed E-state index contributed by atoms with van der Waals surface area (Å²) < 4.78 is 5.91. The predicted octanol–water partition coefficient (Wildman–Crippen LogP) is 3.87. The first-order valence-electron chi connectivity index (χ1n) is 9.53. The molecule has 0 N–H and O–H groups in total. The Bertz CT molecular complexity index is 947. The van der Waals surface area contributed by atoms with Crippen LogP contribution in [0.4, 0.5) is 0 Å². The van der Waals surface area contributed by atoms with Gasteiger partial charge in [0.05, 0.1) is 0 Å². The van der Waals surface area contributed by atoms with Crippen LogP contribution in [0.15, 0.2) is 47.0 Å². The van der Waals surface area contributed by atoms with Gasteiger partial charge in [0.15, 0.2) is 5.76 Å². The first-order chi connectivity index (χ1) is 13.1. The number of hydrogen-bond donors (Lipinski definition) is 0. The smallest absolute Gasteiger partial charge is 0.289 e. The minimum atomic E-state index is 0. The molecule has 2 aromatic heterocycles. The maximum atomic E-state index is 13.0. The number of carbonyl (C=O) groups is 1. The second-order valence-corrected chi connectivity index (χ2v) is 7.26. The SMILES string of the molecule is Cc1ccc2c(C)c(C(=O)N3CCN(CCc4ccccn4)CC3)oc2c1.Cl. The van der Waals surface area contributed by atoms with Crippen LogP contribution in [0.1, 0.15) is 27.4 Å². The molecule has 4 rings (SSSR count). The van der Waals surface area contributed by atoms with Crippen LogP contribution in [-0.4, -0.2) is 53.4 Å². The number of piperazine rings is 1. The molecule has 1 saturated heterocycles. The summed E-state index contributed by atoms with van der Waals surface area (Å²) in [5.74, 6) is 0.489. The van der Waals surface area contributed by atoms with Crippen LogP contribution in [0, 0.1) is 13.8 Å². The fourth-order valence-electron chi connectivity index (χ4n) is 3.67. The Balaban J connectivity index is 0.00000225. The molecule has 0 spiro atoms. The average Bonchev–Trinajstić information content (AvgIpc) is 3.02. The van der Waals surface area contributed by atoms with Gasteiger partial charge in [0.1, 0.15) is 5.58 Å². The van der Waals surface area contributed by atoms with Crippen molar-refractivity contribution in [2.24, 2.45) is 0 Å². The predicted molar refractivity (Wildman–Crippen MR) is 113 cm³/mol. The lowest BCUT2D eigenvalue weighted by Gasteiger charge is -2.34. The van der Waals surface area contributed by atoms with Gasteiger partial charge in [-0.25, -0.2) is 0 Å². The summed E-state index contributed by atoms with van der Waals surface area (Å²) in [5.41, 5.74) is 3.98. The highest BCUT2D eigenvalue weighted by molar-refractivity contribution is 5.99. The molecule has 3 aromatic rings. The van der Waals surface area contributed by atoms with Crippen molar-refractivity contribution in [2.75, 3.05) is 32.7 Å². The molecule has 6 heteroatoms. The summed E-state index contributed by atoms with van der Waals surface area (Å²) in [5, 5.41) is 1.03. The van der Waals surface area contributed by atoms with Crippen molar-refractivity contribution < 1.29 is 9.21 Å². The molecule has 1 aromatic carbocycles. The van der Waals surface area contributed by atoms with E-state index in [2.05, 4.69) is 22.0 Å². The molecule has 0 bridgehead atoms. The van der Waals surface area contributed by atoms with Crippen molar-refractivity contribution in [2.45, 2.75) is 20.3 Å². The number of carbonyl (C=O) groups excluding carboxylic acids is 1. The lowest BCUT2D eigenvalue weighted by molar-refractivity contribution is 0.0608. The van der Waals surface area contributed by atoms with E-state index in [9.17, 15) is 4.79 Å². The summed E-state index contributed by atoms with van der Waals surface area (Å²) >= 11 is 0. The van der Waals surface area contributed by atoms with Crippen LogP contribution in [-0.2, 0) is 6.42 Å². The highest BCUT2D eigenvalue weighted by Gasteiger charge is 2.26. The monoisotopic (exact) mass is 399 g/mol. The van der Waals surface area contributed by atoms with E-state index in [0.717, 1.165) is 66.9 Å². The number of pyridine rings is 1. The number of furan rings is 1. The van der Waals surface area contributed by atoms with Crippen LogP contribution in [0.2, 0.25) is 0 Å². The zero-order valence-corrected chi connectivity index (χ0v) is 17.2. The number of rotatable bonds is 4. The molecule has 3 heterocycles. The largest absolute Gasteiger partial charge is 0.451 e. The highest BCUT2D eigenvalue weighted by Crippen LogP contribution is 2.27.